The Labute approximate surface area is 139 Å². The van der Waals surface area contributed by atoms with Gasteiger partial charge < -0.3 is 0 Å². The zero-order valence-electron chi connectivity index (χ0n) is 13.8. The summed E-state index contributed by atoms with van der Waals surface area (Å²) in [6, 6.07) is 11.9. The van der Waals surface area contributed by atoms with E-state index in [1.54, 1.807) is 6.20 Å². The summed E-state index contributed by atoms with van der Waals surface area (Å²) in [6.07, 6.45) is 1.74. The molecule has 0 aliphatic rings. The summed E-state index contributed by atoms with van der Waals surface area (Å²) in [5.41, 5.74) is 4.38. The van der Waals surface area contributed by atoms with Gasteiger partial charge in [-0.3, -0.25) is 10.2 Å². The molecule has 3 aromatic heterocycles. The largest absolute Gasteiger partial charge is 0.281 e. The Morgan fingerprint density at radius 1 is 0.917 bits per heavy atom. The minimum absolute atomic E-state index is 0.00125. The number of para-hydroxylation sites is 1. The van der Waals surface area contributed by atoms with Gasteiger partial charge in [0.2, 0.25) is 0 Å². The SMILES string of the molecule is CC(C)(C)c1cc(-c2nccc(-c3n[nH]c4ccccc34)n2)n[nH]1. The third-order valence-corrected chi connectivity index (χ3v) is 3.98. The van der Waals surface area contributed by atoms with Crippen molar-refractivity contribution in [2.75, 3.05) is 0 Å². The number of fused-ring (bicyclic) bond motifs is 1. The molecule has 120 valence electrons. The lowest BCUT2D eigenvalue weighted by Gasteiger charge is -2.14. The first kappa shape index (κ1) is 14.6. The van der Waals surface area contributed by atoms with Crippen molar-refractivity contribution in [2.45, 2.75) is 26.2 Å². The van der Waals surface area contributed by atoms with E-state index in [0.29, 0.717) is 5.82 Å². The highest BCUT2D eigenvalue weighted by Crippen LogP contribution is 2.27. The van der Waals surface area contributed by atoms with E-state index < -0.39 is 0 Å². The fourth-order valence-electron chi connectivity index (χ4n) is 2.59. The smallest absolute Gasteiger partial charge is 0.180 e. The van der Waals surface area contributed by atoms with Crippen molar-refractivity contribution in [1.29, 1.82) is 0 Å². The molecule has 0 amide bonds. The molecule has 2 N–H and O–H groups in total. The van der Waals surface area contributed by atoms with Crippen molar-refractivity contribution in [2.24, 2.45) is 0 Å². The molecule has 6 heteroatoms. The second-order valence-electron chi connectivity index (χ2n) is 6.80. The van der Waals surface area contributed by atoms with E-state index in [4.69, 9.17) is 0 Å². The van der Waals surface area contributed by atoms with Crippen LogP contribution in [-0.4, -0.2) is 30.4 Å². The Morgan fingerprint density at radius 2 is 1.75 bits per heavy atom. The van der Waals surface area contributed by atoms with E-state index in [2.05, 4.69) is 51.1 Å². The number of aromatic amines is 2. The molecule has 0 saturated heterocycles. The fraction of sp³-hybridized carbons (Fsp3) is 0.222. The highest BCUT2D eigenvalue weighted by Gasteiger charge is 2.18. The zero-order valence-corrected chi connectivity index (χ0v) is 13.8. The molecule has 0 aliphatic heterocycles. The van der Waals surface area contributed by atoms with E-state index in [1.165, 1.54) is 0 Å². The lowest BCUT2D eigenvalue weighted by atomic mass is 9.92. The van der Waals surface area contributed by atoms with Gasteiger partial charge in [0.1, 0.15) is 11.4 Å². The number of aromatic nitrogens is 6. The standard InChI is InChI=1S/C18H18N6/c1-18(2,3)15-10-14(22-23-15)17-19-9-8-13(20-17)16-11-6-4-5-7-12(11)21-24-16/h4-10H,1-3H3,(H,21,24)(H,22,23). The molecule has 1 aromatic carbocycles. The summed E-state index contributed by atoms with van der Waals surface area (Å²) in [5.74, 6) is 0.589. The molecule has 0 radical (unpaired) electrons. The molecule has 4 rings (SSSR count). The van der Waals surface area contributed by atoms with Crippen molar-refractivity contribution in [3.63, 3.8) is 0 Å². The van der Waals surface area contributed by atoms with Crippen LogP contribution in [0.25, 0.3) is 33.8 Å². The molecule has 0 saturated carbocycles. The van der Waals surface area contributed by atoms with Gasteiger partial charge in [0.25, 0.3) is 0 Å². The predicted molar refractivity (Wildman–Crippen MR) is 93.4 cm³/mol. The number of rotatable bonds is 2. The molecule has 0 fully saturated rings. The van der Waals surface area contributed by atoms with E-state index in [-0.39, 0.29) is 5.41 Å². The number of hydrogen-bond donors (Lipinski definition) is 2. The molecule has 4 aromatic rings. The number of benzene rings is 1. The molecule has 6 nitrogen and oxygen atoms in total. The molecule has 0 atom stereocenters. The molecule has 0 aliphatic carbocycles. The monoisotopic (exact) mass is 318 g/mol. The lowest BCUT2D eigenvalue weighted by molar-refractivity contribution is 0.567. The number of hydrogen-bond acceptors (Lipinski definition) is 4. The summed E-state index contributed by atoms with van der Waals surface area (Å²) >= 11 is 0. The van der Waals surface area contributed by atoms with Gasteiger partial charge in [0.15, 0.2) is 5.82 Å². The first-order valence-electron chi connectivity index (χ1n) is 7.85. The van der Waals surface area contributed by atoms with E-state index in [0.717, 1.165) is 33.7 Å². The van der Waals surface area contributed by atoms with E-state index in [1.807, 2.05) is 36.4 Å². The van der Waals surface area contributed by atoms with Crippen LogP contribution >= 0.6 is 0 Å². The predicted octanol–water partition coefficient (Wildman–Crippen LogP) is 3.71. The molecule has 3 heterocycles. The van der Waals surface area contributed by atoms with Crippen LogP contribution in [0, 0.1) is 0 Å². The van der Waals surface area contributed by atoms with Crippen LogP contribution in [0.4, 0.5) is 0 Å². The topological polar surface area (TPSA) is 83.1 Å². The van der Waals surface area contributed by atoms with Gasteiger partial charge in [-0.25, -0.2) is 9.97 Å². The quantitative estimate of drug-likeness (QED) is 0.590. The van der Waals surface area contributed by atoms with Gasteiger partial charge in [0.05, 0.1) is 11.2 Å². The van der Waals surface area contributed by atoms with Crippen LogP contribution in [0.15, 0.2) is 42.6 Å². The maximum absolute atomic E-state index is 4.65. The summed E-state index contributed by atoms with van der Waals surface area (Å²) in [7, 11) is 0. The molecule has 0 unspecified atom stereocenters. The van der Waals surface area contributed by atoms with Crippen LogP contribution in [0.3, 0.4) is 0 Å². The van der Waals surface area contributed by atoms with E-state index >= 15 is 0 Å². The maximum atomic E-state index is 4.65. The fourth-order valence-corrected chi connectivity index (χ4v) is 2.59. The van der Waals surface area contributed by atoms with Crippen LogP contribution < -0.4 is 0 Å². The Kier molecular flexibility index (Phi) is 3.19. The van der Waals surface area contributed by atoms with Gasteiger partial charge in [-0.1, -0.05) is 39.0 Å². The van der Waals surface area contributed by atoms with Crippen molar-refractivity contribution in [3.8, 4) is 22.9 Å². The molecule has 24 heavy (non-hydrogen) atoms. The highest BCUT2D eigenvalue weighted by atomic mass is 15.1. The minimum atomic E-state index is 0.00125. The Balaban J connectivity index is 1.78. The van der Waals surface area contributed by atoms with Crippen LogP contribution in [-0.2, 0) is 5.41 Å². The van der Waals surface area contributed by atoms with Gasteiger partial charge in [0, 0.05) is 22.7 Å². The Morgan fingerprint density at radius 3 is 2.54 bits per heavy atom. The molecule has 0 bridgehead atoms. The molecule has 0 spiro atoms. The number of H-pyrrole nitrogens is 2. The van der Waals surface area contributed by atoms with Crippen molar-refractivity contribution in [1.82, 2.24) is 30.4 Å². The summed E-state index contributed by atoms with van der Waals surface area (Å²) in [4.78, 5) is 9.02. The van der Waals surface area contributed by atoms with Gasteiger partial charge in [-0.15, -0.1) is 0 Å². The third kappa shape index (κ3) is 2.46. The molecular formula is C18H18N6. The van der Waals surface area contributed by atoms with Gasteiger partial charge >= 0.3 is 0 Å². The zero-order chi connectivity index (χ0) is 16.7. The van der Waals surface area contributed by atoms with Crippen LogP contribution in [0.2, 0.25) is 0 Å². The average molecular weight is 318 g/mol. The first-order chi connectivity index (χ1) is 11.5. The minimum Gasteiger partial charge on any atom is -0.281 e. The van der Waals surface area contributed by atoms with Crippen molar-refractivity contribution in [3.05, 3.63) is 48.3 Å². The second-order valence-corrected chi connectivity index (χ2v) is 6.80. The van der Waals surface area contributed by atoms with E-state index in [9.17, 15) is 0 Å². The average Bonchev–Trinajstić information content (AvgIpc) is 3.22. The highest BCUT2D eigenvalue weighted by molar-refractivity contribution is 5.91. The first-order valence-corrected chi connectivity index (χ1v) is 7.85. The number of nitrogens with one attached hydrogen (secondary N) is 2. The Hall–Kier alpha value is -3.02. The van der Waals surface area contributed by atoms with Crippen LogP contribution in [0.1, 0.15) is 26.5 Å². The summed E-state index contributed by atoms with van der Waals surface area (Å²) in [5, 5.41) is 15.9. The van der Waals surface area contributed by atoms with Crippen molar-refractivity contribution >= 4 is 10.9 Å². The van der Waals surface area contributed by atoms with Gasteiger partial charge in [-0.05, 0) is 18.2 Å². The second kappa shape index (κ2) is 5.26. The summed E-state index contributed by atoms with van der Waals surface area (Å²) < 4.78 is 0. The number of nitrogens with zero attached hydrogens (tertiary/aromatic N) is 4. The van der Waals surface area contributed by atoms with Crippen LogP contribution in [0.5, 0.6) is 0 Å². The third-order valence-electron chi connectivity index (χ3n) is 3.98. The Bertz CT molecular complexity index is 1010. The lowest BCUT2D eigenvalue weighted by Crippen LogP contribution is -2.11. The molecular weight excluding hydrogens is 300 g/mol. The summed E-state index contributed by atoms with van der Waals surface area (Å²) in [6.45, 7) is 6.41. The van der Waals surface area contributed by atoms with Gasteiger partial charge in [-0.2, -0.15) is 10.2 Å². The van der Waals surface area contributed by atoms with Crippen molar-refractivity contribution < 1.29 is 0 Å². The maximum Gasteiger partial charge on any atom is 0.180 e. The normalized spacial score (nSPS) is 12.0.